The number of fused-ring (bicyclic) bond motifs is 1. The van der Waals surface area contributed by atoms with Crippen LogP contribution in [-0.4, -0.2) is 26.7 Å². The van der Waals surface area contributed by atoms with Crippen molar-refractivity contribution in [1.82, 2.24) is 19.6 Å². The molecule has 4 aromatic rings. The second-order valence-corrected chi connectivity index (χ2v) is 6.58. The van der Waals surface area contributed by atoms with Gasteiger partial charge in [0.05, 0.1) is 24.7 Å². The molecule has 4 rings (SSSR count). The van der Waals surface area contributed by atoms with E-state index < -0.39 is 0 Å². The van der Waals surface area contributed by atoms with Gasteiger partial charge in [-0.05, 0) is 44.5 Å². The molecule has 0 saturated heterocycles. The first kappa shape index (κ1) is 17.0. The highest BCUT2D eigenvalue weighted by atomic mass is 16.5. The molecule has 0 bridgehead atoms. The number of para-hydroxylation sites is 2. The molecule has 136 valence electrons. The first-order valence-corrected chi connectivity index (χ1v) is 8.70. The third-order valence-electron chi connectivity index (χ3n) is 4.70. The van der Waals surface area contributed by atoms with E-state index in [1.54, 1.807) is 18.0 Å². The van der Waals surface area contributed by atoms with E-state index in [4.69, 9.17) is 4.74 Å². The molecule has 27 heavy (non-hydrogen) atoms. The number of rotatable bonds is 3. The number of aromatic nitrogens is 4. The van der Waals surface area contributed by atoms with Gasteiger partial charge in [-0.1, -0.05) is 29.8 Å². The van der Waals surface area contributed by atoms with E-state index in [1.807, 2.05) is 57.2 Å². The van der Waals surface area contributed by atoms with Crippen molar-refractivity contribution in [2.45, 2.75) is 20.8 Å². The molecule has 6 nitrogen and oxygen atoms in total. The molecular weight excluding hydrogens is 340 g/mol. The monoisotopic (exact) mass is 360 g/mol. The maximum atomic E-state index is 13.4. The standard InChI is InChI=1S/C21H20N4O2/c1-13-9-10-17(14(2)11-13)24-20-16(12-22-24)15(3)23-25(21(20)26)18-7-5-6-8-19(18)27-4/h5-12H,1-4H3. The average molecular weight is 360 g/mol. The third kappa shape index (κ3) is 2.70. The van der Waals surface area contributed by atoms with Gasteiger partial charge in [0.15, 0.2) is 0 Å². The zero-order valence-electron chi connectivity index (χ0n) is 15.7. The Balaban J connectivity index is 2.06. The molecule has 2 aromatic heterocycles. The van der Waals surface area contributed by atoms with Gasteiger partial charge in [-0.15, -0.1) is 0 Å². The van der Waals surface area contributed by atoms with E-state index >= 15 is 0 Å². The summed E-state index contributed by atoms with van der Waals surface area (Å²) in [5, 5.41) is 9.72. The Morgan fingerprint density at radius 2 is 1.74 bits per heavy atom. The summed E-state index contributed by atoms with van der Waals surface area (Å²) >= 11 is 0. The van der Waals surface area contributed by atoms with Gasteiger partial charge in [0, 0.05) is 5.39 Å². The van der Waals surface area contributed by atoms with Gasteiger partial charge in [-0.2, -0.15) is 14.9 Å². The Kier molecular flexibility index (Phi) is 4.03. The van der Waals surface area contributed by atoms with Gasteiger partial charge in [-0.25, -0.2) is 4.68 Å². The zero-order chi connectivity index (χ0) is 19.1. The fraction of sp³-hybridized carbons (Fsp3) is 0.190. The van der Waals surface area contributed by atoms with Crippen molar-refractivity contribution >= 4 is 10.9 Å². The van der Waals surface area contributed by atoms with Crippen LogP contribution in [0.25, 0.3) is 22.3 Å². The van der Waals surface area contributed by atoms with Gasteiger partial charge >= 0.3 is 0 Å². The van der Waals surface area contributed by atoms with Crippen molar-refractivity contribution in [3.05, 3.63) is 75.8 Å². The van der Waals surface area contributed by atoms with Gasteiger partial charge in [0.1, 0.15) is 17.0 Å². The second-order valence-electron chi connectivity index (χ2n) is 6.58. The summed E-state index contributed by atoms with van der Waals surface area (Å²) in [7, 11) is 1.58. The Labute approximate surface area is 156 Å². The van der Waals surface area contributed by atoms with Crippen LogP contribution in [0.4, 0.5) is 0 Å². The van der Waals surface area contributed by atoms with E-state index in [9.17, 15) is 4.79 Å². The molecule has 0 radical (unpaired) electrons. The number of hydrogen-bond donors (Lipinski definition) is 0. The summed E-state index contributed by atoms with van der Waals surface area (Å²) in [5.74, 6) is 0.587. The molecule has 0 fully saturated rings. The lowest BCUT2D eigenvalue weighted by molar-refractivity contribution is 0.411. The highest BCUT2D eigenvalue weighted by molar-refractivity contribution is 5.82. The van der Waals surface area contributed by atoms with E-state index in [-0.39, 0.29) is 5.56 Å². The molecule has 0 spiro atoms. The number of aryl methyl sites for hydroxylation is 3. The lowest BCUT2D eigenvalue weighted by Gasteiger charge is -2.12. The normalized spacial score (nSPS) is 11.1. The zero-order valence-corrected chi connectivity index (χ0v) is 15.7. The minimum Gasteiger partial charge on any atom is -0.494 e. The maximum Gasteiger partial charge on any atom is 0.298 e. The number of ether oxygens (including phenoxy) is 1. The number of hydrogen-bond acceptors (Lipinski definition) is 4. The van der Waals surface area contributed by atoms with Crippen LogP contribution in [-0.2, 0) is 0 Å². The first-order valence-electron chi connectivity index (χ1n) is 8.70. The third-order valence-corrected chi connectivity index (χ3v) is 4.70. The molecule has 0 aliphatic carbocycles. The number of nitrogens with zero attached hydrogens (tertiary/aromatic N) is 4. The highest BCUT2D eigenvalue weighted by Gasteiger charge is 2.18. The maximum absolute atomic E-state index is 13.4. The molecule has 0 aliphatic rings. The fourth-order valence-electron chi connectivity index (χ4n) is 3.36. The van der Waals surface area contributed by atoms with Gasteiger partial charge in [0.25, 0.3) is 5.56 Å². The summed E-state index contributed by atoms with van der Waals surface area (Å²) in [6.07, 6.45) is 1.70. The topological polar surface area (TPSA) is 61.9 Å². The first-order chi connectivity index (χ1) is 13.0. The van der Waals surface area contributed by atoms with Gasteiger partial charge in [0.2, 0.25) is 0 Å². The average Bonchev–Trinajstić information content (AvgIpc) is 3.10. The Hall–Kier alpha value is -3.41. The fourth-order valence-corrected chi connectivity index (χ4v) is 3.36. The predicted octanol–water partition coefficient (Wildman–Crippen LogP) is 3.51. The number of methoxy groups -OCH3 is 1. The van der Waals surface area contributed by atoms with Crippen molar-refractivity contribution < 1.29 is 4.74 Å². The summed E-state index contributed by atoms with van der Waals surface area (Å²) < 4.78 is 8.50. The van der Waals surface area contributed by atoms with Crippen molar-refractivity contribution in [2.75, 3.05) is 7.11 Å². The minimum absolute atomic E-state index is 0.238. The van der Waals surface area contributed by atoms with E-state index in [2.05, 4.69) is 16.3 Å². The molecule has 2 aromatic carbocycles. The van der Waals surface area contributed by atoms with Crippen molar-refractivity contribution in [2.24, 2.45) is 0 Å². The van der Waals surface area contributed by atoms with Gasteiger partial charge in [-0.3, -0.25) is 4.79 Å². The summed E-state index contributed by atoms with van der Waals surface area (Å²) in [6.45, 7) is 5.94. The van der Waals surface area contributed by atoms with Crippen LogP contribution in [0, 0.1) is 20.8 Å². The van der Waals surface area contributed by atoms with E-state index in [0.29, 0.717) is 17.0 Å². The van der Waals surface area contributed by atoms with Crippen LogP contribution >= 0.6 is 0 Å². The molecule has 0 N–H and O–H groups in total. The SMILES string of the molecule is COc1ccccc1-n1nc(C)c2cnn(-c3ccc(C)cc3C)c2c1=O. The molecule has 6 heteroatoms. The summed E-state index contributed by atoms with van der Waals surface area (Å²) in [4.78, 5) is 13.4. The molecule has 0 unspecified atom stereocenters. The van der Waals surface area contributed by atoms with Crippen LogP contribution in [0.3, 0.4) is 0 Å². The summed E-state index contributed by atoms with van der Waals surface area (Å²) in [6, 6.07) is 13.4. The van der Waals surface area contributed by atoms with Crippen molar-refractivity contribution in [3.63, 3.8) is 0 Å². The molecular formula is C21H20N4O2. The van der Waals surface area contributed by atoms with Crippen LogP contribution in [0.5, 0.6) is 5.75 Å². The molecule has 0 atom stereocenters. The Morgan fingerprint density at radius 1 is 0.963 bits per heavy atom. The van der Waals surface area contributed by atoms with E-state index in [1.165, 1.54) is 4.68 Å². The van der Waals surface area contributed by atoms with Crippen LogP contribution in [0.2, 0.25) is 0 Å². The highest BCUT2D eigenvalue weighted by Crippen LogP contribution is 2.24. The Morgan fingerprint density at radius 3 is 2.48 bits per heavy atom. The number of benzene rings is 2. The minimum atomic E-state index is -0.238. The molecule has 0 aliphatic heterocycles. The molecule has 0 saturated carbocycles. The second kappa shape index (κ2) is 6.39. The van der Waals surface area contributed by atoms with Crippen molar-refractivity contribution in [1.29, 1.82) is 0 Å². The van der Waals surface area contributed by atoms with Crippen LogP contribution < -0.4 is 10.3 Å². The lowest BCUT2D eigenvalue weighted by atomic mass is 10.1. The molecule has 0 amide bonds. The lowest BCUT2D eigenvalue weighted by Crippen LogP contribution is -2.24. The smallest absolute Gasteiger partial charge is 0.298 e. The largest absolute Gasteiger partial charge is 0.494 e. The Bertz CT molecular complexity index is 1220. The van der Waals surface area contributed by atoms with E-state index in [0.717, 1.165) is 27.9 Å². The van der Waals surface area contributed by atoms with Gasteiger partial charge < -0.3 is 4.74 Å². The van der Waals surface area contributed by atoms with Crippen LogP contribution in [0.1, 0.15) is 16.8 Å². The summed E-state index contributed by atoms with van der Waals surface area (Å²) in [5.41, 5.74) is 4.69. The quantitative estimate of drug-likeness (QED) is 0.561. The predicted molar refractivity (Wildman–Crippen MR) is 105 cm³/mol. The molecule has 2 heterocycles. The van der Waals surface area contributed by atoms with Crippen molar-refractivity contribution in [3.8, 4) is 17.1 Å². The van der Waals surface area contributed by atoms with Crippen LogP contribution in [0.15, 0.2) is 53.5 Å².